The van der Waals surface area contributed by atoms with E-state index in [-0.39, 0.29) is 18.4 Å². The van der Waals surface area contributed by atoms with Crippen LogP contribution in [0.15, 0.2) is 0 Å². The highest BCUT2D eigenvalue weighted by Crippen LogP contribution is 2.41. The fraction of sp³-hybridized carbons (Fsp3) is 0.889. The van der Waals surface area contributed by atoms with Crippen LogP contribution >= 0.6 is 0 Å². The Morgan fingerprint density at radius 3 is 2.08 bits per heavy atom. The SMILES string of the molecule is [CH2]CC1(OC)CCC(F)(F)CC1. The van der Waals surface area contributed by atoms with Gasteiger partial charge in [-0.2, -0.15) is 0 Å². The molecule has 0 aliphatic heterocycles. The summed E-state index contributed by atoms with van der Waals surface area (Å²) in [6, 6.07) is 0. The minimum atomic E-state index is -2.47. The van der Waals surface area contributed by atoms with Crippen molar-refractivity contribution in [1.29, 1.82) is 0 Å². The maximum atomic E-state index is 12.7. The number of rotatable bonds is 2. The van der Waals surface area contributed by atoms with Crippen molar-refractivity contribution in [2.75, 3.05) is 7.11 Å². The van der Waals surface area contributed by atoms with Gasteiger partial charge < -0.3 is 4.74 Å². The number of hydrogen-bond acceptors (Lipinski definition) is 1. The van der Waals surface area contributed by atoms with Crippen LogP contribution in [0.3, 0.4) is 0 Å². The van der Waals surface area contributed by atoms with Crippen LogP contribution in [-0.4, -0.2) is 18.6 Å². The molecule has 12 heavy (non-hydrogen) atoms. The topological polar surface area (TPSA) is 9.23 Å². The van der Waals surface area contributed by atoms with E-state index < -0.39 is 5.92 Å². The highest BCUT2D eigenvalue weighted by molar-refractivity contribution is 4.90. The van der Waals surface area contributed by atoms with Crippen LogP contribution in [0, 0.1) is 6.92 Å². The van der Waals surface area contributed by atoms with E-state index in [9.17, 15) is 8.78 Å². The third-order valence-corrected chi connectivity index (χ3v) is 2.78. The van der Waals surface area contributed by atoms with E-state index >= 15 is 0 Å². The van der Waals surface area contributed by atoms with Gasteiger partial charge in [0.2, 0.25) is 5.92 Å². The molecular formula is C9H15F2O. The highest BCUT2D eigenvalue weighted by atomic mass is 19.3. The molecule has 71 valence electrons. The molecule has 1 radical (unpaired) electrons. The van der Waals surface area contributed by atoms with Crippen LogP contribution in [0.4, 0.5) is 8.78 Å². The molecule has 1 aliphatic carbocycles. The van der Waals surface area contributed by atoms with Gasteiger partial charge in [-0.25, -0.2) is 8.78 Å². The maximum absolute atomic E-state index is 12.7. The zero-order valence-electron chi connectivity index (χ0n) is 7.41. The van der Waals surface area contributed by atoms with Gasteiger partial charge in [0, 0.05) is 20.0 Å². The summed E-state index contributed by atoms with van der Waals surface area (Å²) >= 11 is 0. The molecule has 1 aliphatic rings. The summed E-state index contributed by atoms with van der Waals surface area (Å²) in [5.74, 6) is -2.47. The lowest BCUT2D eigenvalue weighted by molar-refractivity contribution is -0.117. The smallest absolute Gasteiger partial charge is 0.248 e. The average Bonchev–Trinajstić information content (AvgIpc) is 2.06. The number of methoxy groups -OCH3 is 1. The fourth-order valence-corrected chi connectivity index (χ4v) is 1.63. The second kappa shape index (κ2) is 3.29. The molecule has 0 saturated heterocycles. The summed E-state index contributed by atoms with van der Waals surface area (Å²) in [6.45, 7) is 3.73. The minimum Gasteiger partial charge on any atom is -0.378 e. The highest BCUT2D eigenvalue weighted by Gasteiger charge is 2.42. The Hall–Kier alpha value is -0.180. The van der Waals surface area contributed by atoms with E-state index in [1.807, 2.05) is 0 Å². The number of ether oxygens (including phenoxy) is 1. The Bertz CT molecular complexity index is 141. The van der Waals surface area contributed by atoms with Gasteiger partial charge >= 0.3 is 0 Å². The molecule has 0 aromatic rings. The molecule has 0 unspecified atom stereocenters. The molecule has 0 aromatic carbocycles. The van der Waals surface area contributed by atoms with Crippen molar-refractivity contribution in [2.45, 2.75) is 43.6 Å². The first-order valence-electron chi connectivity index (χ1n) is 4.26. The Morgan fingerprint density at radius 1 is 1.25 bits per heavy atom. The Balaban J connectivity index is 2.53. The van der Waals surface area contributed by atoms with Gasteiger partial charge in [0.25, 0.3) is 0 Å². The molecule has 0 amide bonds. The van der Waals surface area contributed by atoms with Gasteiger partial charge in [-0.15, -0.1) is 0 Å². The lowest BCUT2D eigenvalue weighted by atomic mass is 9.81. The molecule has 1 saturated carbocycles. The second-order valence-electron chi connectivity index (χ2n) is 3.49. The molecular weight excluding hydrogens is 162 g/mol. The largest absolute Gasteiger partial charge is 0.378 e. The summed E-state index contributed by atoms with van der Waals surface area (Å²) < 4.78 is 30.7. The zero-order chi connectivity index (χ0) is 9.24. The van der Waals surface area contributed by atoms with Gasteiger partial charge in [0.1, 0.15) is 0 Å². The van der Waals surface area contributed by atoms with E-state index in [1.165, 1.54) is 0 Å². The molecule has 0 heterocycles. The molecule has 1 rings (SSSR count). The van der Waals surface area contributed by atoms with Crippen molar-refractivity contribution in [2.24, 2.45) is 0 Å². The predicted octanol–water partition coefficient (Wildman–Crippen LogP) is 2.81. The van der Waals surface area contributed by atoms with Crippen molar-refractivity contribution in [1.82, 2.24) is 0 Å². The van der Waals surface area contributed by atoms with Crippen LogP contribution < -0.4 is 0 Å². The van der Waals surface area contributed by atoms with Crippen LogP contribution in [0.25, 0.3) is 0 Å². The van der Waals surface area contributed by atoms with Crippen molar-refractivity contribution in [3.8, 4) is 0 Å². The third kappa shape index (κ3) is 1.94. The van der Waals surface area contributed by atoms with Gasteiger partial charge in [0.05, 0.1) is 5.60 Å². The molecule has 1 nitrogen and oxygen atoms in total. The monoisotopic (exact) mass is 177 g/mol. The van der Waals surface area contributed by atoms with Gasteiger partial charge in [-0.1, -0.05) is 6.92 Å². The normalized spacial score (nSPS) is 27.0. The number of alkyl halides is 2. The molecule has 0 spiro atoms. The molecule has 0 atom stereocenters. The molecule has 3 heteroatoms. The van der Waals surface area contributed by atoms with Crippen LogP contribution in [0.5, 0.6) is 0 Å². The first kappa shape index (κ1) is 9.90. The van der Waals surface area contributed by atoms with E-state index in [4.69, 9.17) is 4.74 Å². The van der Waals surface area contributed by atoms with E-state index in [0.29, 0.717) is 19.3 Å². The first-order chi connectivity index (χ1) is 5.54. The van der Waals surface area contributed by atoms with Crippen LogP contribution in [-0.2, 0) is 4.74 Å². The number of hydrogen-bond donors (Lipinski definition) is 0. The van der Waals surface area contributed by atoms with Gasteiger partial charge in [-0.05, 0) is 19.3 Å². The quantitative estimate of drug-likeness (QED) is 0.630. The van der Waals surface area contributed by atoms with Crippen molar-refractivity contribution in [3.05, 3.63) is 6.92 Å². The summed E-state index contributed by atoms with van der Waals surface area (Å²) in [7, 11) is 1.58. The maximum Gasteiger partial charge on any atom is 0.248 e. The third-order valence-electron chi connectivity index (χ3n) is 2.78. The number of halogens is 2. The standard InChI is InChI=1S/C9H15F2O/c1-3-8(12-2)4-6-9(10,11)7-5-8/h1,3-7H2,2H3. The van der Waals surface area contributed by atoms with Crippen LogP contribution in [0.1, 0.15) is 32.1 Å². The minimum absolute atomic E-state index is 0.0592. The Morgan fingerprint density at radius 2 is 1.75 bits per heavy atom. The second-order valence-corrected chi connectivity index (χ2v) is 3.49. The fourth-order valence-electron chi connectivity index (χ4n) is 1.63. The summed E-state index contributed by atoms with van der Waals surface area (Å²) in [5, 5.41) is 0. The van der Waals surface area contributed by atoms with E-state index in [2.05, 4.69) is 6.92 Å². The van der Waals surface area contributed by atoms with E-state index in [1.54, 1.807) is 7.11 Å². The summed E-state index contributed by atoms with van der Waals surface area (Å²) in [5.41, 5.74) is -0.373. The van der Waals surface area contributed by atoms with Crippen molar-refractivity contribution >= 4 is 0 Å². The predicted molar refractivity (Wildman–Crippen MR) is 43.1 cm³/mol. The molecule has 0 aromatic heterocycles. The lowest BCUT2D eigenvalue weighted by Crippen LogP contribution is -2.39. The van der Waals surface area contributed by atoms with E-state index in [0.717, 1.165) is 0 Å². The van der Waals surface area contributed by atoms with Gasteiger partial charge in [-0.3, -0.25) is 0 Å². The molecule has 0 N–H and O–H groups in total. The van der Waals surface area contributed by atoms with Crippen molar-refractivity contribution < 1.29 is 13.5 Å². The van der Waals surface area contributed by atoms with Crippen LogP contribution in [0.2, 0.25) is 0 Å². The Kier molecular flexibility index (Phi) is 2.71. The summed E-state index contributed by atoms with van der Waals surface area (Å²) in [6.07, 6.45) is 1.33. The zero-order valence-corrected chi connectivity index (χ0v) is 7.41. The molecule has 1 fully saturated rings. The average molecular weight is 177 g/mol. The first-order valence-corrected chi connectivity index (χ1v) is 4.26. The lowest BCUT2D eigenvalue weighted by Gasteiger charge is -2.38. The molecule has 0 bridgehead atoms. The van der Waals surface area contributed by atoms with Gasteiger partial charge in [0.15, 0.2) is 0 Å². The van der Waals surface area contributed by atoms with Crippen molar-refractivity contribution in [3.63, 3.8) is 0 Å². The Labute approximate surface area is 72.1 Å². The summed E-state index contributed by atoms with van der Waals surface area (Å²) in [4.78, 5) is 0.